The van der Waals surface area contributed by atoms with Gasteiger partial charge in [-0.25, -0.2) is 4.57 Å². The third-order valence-electron chi connectivity index (χ3n) is 7.62. The van der Waals surface area contributed by atoms with E-state index in [1.165, 1.54) is 33.4 Å². The van der Waals surface area contributed by atoms with E-state index in [0.717, 1.165) is 20.1 Å². The van der Waals surface area contributed by atoms with Crippen molar-refractivity contribution < 1.29 is 13.6 Å². The molecule has 4 aromatic carbocycles. The minimum absolute atomic E-state index is 0.181. The normalized spacial score (nSPS) is 15.8. The second kappa shape index (κ2) is 8.34. The molecule has 0 fully saturated rings. The summed E-state index contributed by atoms with van der Waals surface area (Å²) in [5.74, 6) is 1.10. The summed E-state index contributed by atoms with van der Waals surface area (Å²) < 4.78 is 26.7. The summed E-state index contributed by atoms with van der Waals surface area (Å²) in [7, 11) is -2.81. The van der Waals surface area contributed by atoms with E-state index in [-0.39, 0.29) is 10.8 Å². The van der Waals surface area contributed by atoms with E-state index in [2.05, 4.69) is 108 Å². The van der Waals surface area contributed by atoms with Gasteiger partial charge in [0, 0.05) is 19.8 Å². The summed E-state index contributed by atoms with van der Waals surface area (Å²) in [6, 6.07) is 24.6. The fourth-order valence-electron chi connectivity index (χ4n) is 5.72. The van der Waals surface area contributed by atoms with Crippen molar-refractivity contribution in [3.63, 3.8) is 0 Å². The highest BCUT2D eigenvalue weighted by molar-refractivity contribution is 9.10. The maximum Gasteiger partial charge on any atom is 0.418 e. The Balaban J connectivity index is 1.25. The second-order valence-electron chi connectivity index (χ2n) is 10.5. The molecule has 0 heterocycles. The topological polar surface area (TPSA) is 35.5 Å². The van der Waals surface area contributed by atoms with E-state index in [1.54, 1.807) is 0 Å². The Morgan fingerprint density at radius 1 is 0.556 bits per heavy atom. The number of fused-ring (bicyclic) bond motifs is 6. The quantitative estimate of drug-likeness (QED) is 0.212. The number of hydrogen-bond acceptors (Lipinski definition) is 3. The van der Waals surface area contributed by atoms with Gasteiger partial charge in [0.15, 0.2) is 0 Å². The number of rotatable bonds is 4. The molecule has 0 aliphatic heterocycles. The summed E-state index contributed by atoms with van der Waals surface area (Å²) in [5.41, 5.74) is 9.30. The van der Waals surface area contributed by atoms with Gasteiger partial charge in [-0.1, -0.05) is 83.8 Å². The van der Waals surface area contributed by atoms with Crippen molar-refractivity contribution in [2.24, 2.45) is 0 Å². The van der Waals surface area contributed by atoms with Crippen molar-refractivity contribution in [3.8, 4) is 33.8 Å². The Hall–Kier alpha value is -2.33. The third kappa shape index (κ3) is 3.70. The van der Waals surface area contributed by atoms with Gasteiger partial charge in [-0.05, 0) is 93.0 Å². The average molecular weight is 624 g/mol. The highest BCUT2D eigenvalue weighted by Gasteiger charge is 2.37. The maximum atomic E-state index is 13.0. The minimum atomic E-state index is -2.81. The molecule has 0 aromatic heterocycles. The molecule has 3 nitrogen and oxygen atoms in total. The number of benzene rings is 4. The van der Waals surface area contributed by atoms with Crippen molar-refractivity contribution >= 4 is 40.1 Å². The smallest absolute Gasteiger partial charge is 0.418 e. The van der Waals surface area contributed by atoms with Crippen LogP contribution in [-0.2, 0) is 15.4 Å². The molecular weight excluding hydrogens is 599 g/mol. The van der Waals surface area contributed by atoms with E-state index >= 15 is 0 Å². The van der Waals surface area contributed by atoms with Gasteiger partial charge in [-0.3, -0.25) is 0 Å². The molecule has 0 N–H and O–H groups in total. The van der Waals surface area contributed by atoms with Crippen LogP contribution in [0, 0.1) is 0 Å². The standard InChI is InChI=1S/C30H25Br2O3P/c1-29(2)25-13-17(31)5-9-21(25)23-11-7-19(15-27(23)29)34-36(33)35-20-8-12-24-22-10-6-18(32)14-26(22)30(3,4)28(24)16-20/h5-16,36H,1-4H3. The lowest BCUT2D eigenvalue weighted by Crippen LogP contribution is -2.15. The molecule has 36 heavy (non-hydrogen) atoms. The fourth-order valence-corrected chi connectivity index (χ4v) is 7.12. The number of hydrogen-bond donors (Lipinski definition) is 0. The zero-order valence-corrected chi connectivity index (χ0v) is 24.6. The molecule has 4 aromatic rings. The lowest BCUT2D eigenvalue weighted by atomic mass is 9.82. The Morgan fingerprint density at radius 2 is 0.889 bits per heavy atom. The molecule has 2 aliphatic rings. The summed E-state index contributed by atoms with van der Waals surface area (Å²) in [6.45, 7) is 8.82. The molecule has 0 saturated heterocycles. The van der Waals surface area contributed by atoms with E-state index in [0.29, 0.717) is 11.5 Å². The van der Waals surface area contributed by atoms with Gasteiger partial charge in [0.1, 0.15) is 11.5 Å². The molecule has 0 unspecified atom stereocenters. The molecule has 0 bridgehead atoms. The Morgan fingerprint density at radius 3 is 1.28 bits per heavy atom. The van der Waals surface area contributed by atoms with Crippen molar-refractivity contribution in [1.82, 2.24) is 0 Å². The SMILES string of the molecule is CC1(C)c2cc(Br)ccc2-c2ccc(O[PH](=O)Oc3ccc4c(c3)C(C)(C)c3cc(Br)ccc3-4)cc21. The van der Waals surface area contributed by atoms with Gasteiger partial charge in [0.2, 0.25) is 0 Å². The third-order valence-corrected chi connectivity index (χ3v) is 9.41. The fraction of sp³-hybridized carbons (Fsp3) is 0.200. The van der Waals surface area contributed by atoms with Crippen molar-refractivity contribution in [3.05, 3.63) is 104 Å². The highest BCUT2D eigenvalue weighted by Crippen LogP contribution is 2.52. The van der Waals surface area contributed by atoms with E-state index < -0.39 is 8.25 Å². The van der Waals surface area contributed by atoms with Crippen molar-refractivity contribution in [2.75, 3.05) is 0 Å². The summed E-state index contributed by atoms with van der Waals surface area (Å²) in [6.07, 6.45) is 0. The van der Waals surface area contributed by atoms with Crippen LogP contribution in [0.2, 0.25) is 0 Å². The molecule has 6 heteroatoms. The first-order valence-corrected chi connectivity index (χ1v) is 14.7. The van der Waals surface area contributed by atoms with E-state index in [4.69, 9.17) is 9.05 Å². The largest absolute Gasteiger partial charge is 0.418 e. The summed E-state index contributed by atoms with van der Waals surface area (Å²) in [5, 5.41) is 0. The van der Waals surface area contributed by atoms with Gasteiger partial charge in [0.05, 0.1) is 0 Å². The molecule has 0 amide bonds. The van der Waals surface area contributed by atoms with Crippen LogP contribution < -0.4 is 9.05 Å². The van der Waals surface area contributed by atoms with Crippen LogP contribution in [0.4, 0.5) is 0 Å². The molecule has 2 aliphatic carbocycles. The molecule has 0 spiro atoms. The minimum Gasteiger partial charge on any atom is -0.418 e. The second-order valence-corrected chi connectivity index (χ2v) is 13.2. The number of halogens is 2. The van der Waals surface area contributed by atoms with Gasteiger partial charge < -0.3 is 9.05 Å². The van der Waals surface area contributed by atoms with E-state index in [1.807, 2.05) is 24.3 Å². The average Bonchev–Trinajstić information content (AvgIpc) is 3.18. The predicted octanol–water partition coefficient (Wildman–Crippen LogP) is 9.67. The first-order chi connectivity index (χ1) is 17.1. The van der Waals surface area contributed by atoms with Gasteiger partial charge in [0.25, 0.3) is 0 Å². The van der Waals surface area contributed by atoms with Crippen molar-refractivity contribution in [1.29, 1.82) is 0 Å². The Labute approximate surface area is 229 Å². The first-order valence-electron chi connectivity index (χ1n) is 11.9. The zero-order valence-electron chi connectivity index (χ0n) is 20.4. The molecule has 0 saturated carbocycles. The first kappa shape index (κ1) is 24.0. The summed E-state index contributed by atoms with van der Waals surface area (Å²) in [4.78, 5) is 0. The van der Waals surface area contributed by atoms with Gasteiger partial charge in [-0.2, -0.15) is 0 Å². The van der Waals surface area contributed by atoms with Gasteiger partial charge in [-0.15, -0.1) is 0 Å². The van der Waals surface area contributed by atoms with Crippen LogP contribution in [0.5, 0.6) is 11.5 Å². The van der Waals surface area contributed by atoms with Crippen LogP contribution >= 0.6 is 40.1 Å². The monoisotopic (exact) mass is 622 g/mol. The lowest BCUT2D eigenvalue weighted by Gasteiger charge is -2.22. The van der Waals surface area contributed by atoms with Crippen LogP contribution in [0.15, 0.2) is 81.7 Å². The van der Waals surface area contributed by atoms with Crippen LogP contribution in [-0.4, -0.2) is 0 Å². The summed E-state index contributed by atoms with van der Waals surface area (Å²) >= 11 is 7.19. The molecule has 0 atom stereocenters. The Kier molecular flexibility index (Phi) is 5.57. The predicted molar refractivity (Wildman–Crippen MR) is 154 cm³/mol. The molecule has 182 valence electrons. The van der Waals surface area contributed by atoms with Crippen LogP contribution in [0.25, 0.3) is 22.3 Å². The molecular formula is C30H25Br2O3P. The van der Waals surface area contributed by atoms with Gasteiger partial charge >= 0.3 is 8.25 Å². The maximum absolute atomic E-state index is 13.0. The molecule has 6 rings (SSSR count). The lowest BCUT2D eigenvalue weighted by molar-refractivity contribution is 0.414. The van der Waals surface area contributed by atoms with Crippen LogP contribution in [0.1, 0.15) is 49.9 Å². The highest BCUT2D eigenvalue weighted by atomic mass is 79.9. The molecule has 0 radical (unpaired) electrons. The van der Waals surface area contributed by atoms with Crippen molar-refractivity contribution in [2.45, 2.75) is 38.5 Å². The van der Waals surface area contributed by atoms with E-state index in [9.17, 15) is 4.57 Å². The van der Waals surface area contributed by atoms with Crippen LogP contribution in [0.3, 0.4) is 0 Å². The Bertz CT molecular complexity index is 1470. The zero-order chi connectivity index (χ0) is 25.4.